The molecule has 1 aliphatic rings. The molecule has 0 aliphatic carbocycles. The molecule has 4 rings (SSSR count). The van der Waals surface area contributed by atoms with Crippen molar-refractivity contribution < 1.29 is 18.7 Å². The maximum Gasteiger partial charge on any atom is 0.318 e. The second kappa shape index (κ2) is 7.23. The average molecular weight is 366 g/mol. The smallest absolute Gasteiger partial charge is 0.318 e. The van der Waals surface area contributed by atoms with Gasteiger partial charge in [-0.2, -0.15) is 0 Å². The Morgan fingerprint density at radius 1 is 1.15 bits per heavy atom. The zero-order valence-corrected chi connectivity index (χ0v) is 15.4. The Balaban J connectivity index is 1.43. The number of amides is 2. The summed E-state index contributed by atoms with van der Waals surface area (Å²) in [6.45, 7) is 5.20. The molecule has 1 aromatic heterocycles. The summed E-state index contributed by atoms with van der Waals surface area (Å²) >= 11 is 0. The van der Waals surface area contributed by atoms with Crippen molar-refractivity contribution in [3.8, 4) is 11.5 Å². The first-order valence-corrected chi connectivity index (χ1v) is 9.06. The van der Waals surface area contributed by atoms with E-state index in [1.807, 2.05) is 62.4 Å². The molecule has 2 heterocycles. The van der Waals surface area contributed by atoms with E-state index in [0.29, 0.717) is 13.1 Å². The lowest BCUT2D eigenvalue weighted by atomic mass is 10.2. The number of nitrogens with one attached hydrogen (secondary N) is 1. The first-order valence-electron chi connectivity index (χ1n) is 9.06. The van der Waals surface area contributed by atoms with Crippen LogP contribution in [0.3, 0.4) is 0 Å². The molecule has 1 atom stereocenters. The molecule has 1 N–H and O–H groups in total. The fourth-order valence-electron chi connectivity index (χ4n) is 3.15. The number of rotatable bonds is 5. The molecular formula is C21H22N2O4. The van der Waals surface area contributed by atoms with E-state index in [4.69, 9.17) is 13.9 Å². The molecule has 6 heteroatoms. The van der Waals surface area contributed by atoms with E-state index in [-0.39, 0.29) is 18.9 Å². The minimum absolute atomic E-state index is 0.136. The topological polar surface area (TPSA) is 63.9 Å². The van der Waals surface area contributed by atoms with E-state index in [0.717, 1.165) is 33.8 Å². The van der Waals surface area contributed by atoms with Crippen molar-refractivity contribution in [2.24, 2.45) is 0 Å². The van der Waals surface area contributed by atoms with Gasteiger partial charge >= 0.3 is 6.03 Å². The number of furan rings is 1. The number of carbonyl (C=O) groups excluding carboxylic acids is 1. The van der Waals surface area contributed by atoms with Crippen molar-refractivity contribution in [1.82, 2.24) is 10.2 Å². The Labute approximate surface area is 157 Å². The fraction of sp³-hybridized carbons (Fsp3) is 0.286. The predicted octanol–water partition coefficient (Wildman–Crippen LogP) is 4.45. The SMILES string of the molecule is CCN(Cc1ccc2c(c1)OCO2)C(=O)N[C@@H](C)c1cc2ccccc2o1. The van der Waals surface area contributed by atoms with Gasteiger partial charge in [-0.1, -0.05) is 24.3 Å². The fourth-order valence-corrected chi connectivity index (χ4v) is 3.15. The van der Waals surface area contributed by atoms with Gasteiger partial charge in [0.15, 0.2) is 11.5 Å². The number of benzene rings is 2. The third-order valence-electron chi connectivity index (χ3n) is 4.69. The number of hydrogen-bond donors (Lipinski definition) is 1. The minimum atomic E-state index is -0.226. The summed E-state index contributed by atoms with van der Waals surface area (Å²) < 4.78 is 16.6. The molecule has 0 saturated carbocycles. The number of ether oxygens (including phenoxy) is 2. The van der Waals surface area contributed by atoms with Crippen molar-refractivity contribution in [2.75, 3.05) is 13.3 Å². The normalized spacial score (nSPS) is 13.6. The Morgan fingerprint density at radius 3 is 2.78 bits per heavy atom. The van der Waals surface area contributed by atoms with Gasteiger partial charge in [-0.25, -0.2) is 4.79 Å². The molecule has 3 aromatic rings. The van der Waals surface area contributed by atoms with Crippen LogP contribution in [0.5, 0.6) is 11.5 Å². The largest absolute Gasteiger partial charge is 0.459 e. The Bertz CT molecular complexity index is 933. The number of para-hydroxylation sites is 1. The van der Waals surface area contributed by atoms with Gasteiger partial charge in [0.1, 0.15) is 11.3 Å². The summed E-state index contributed by atoms with van der Waals surface area (Å²) in [7, 11) is 0. The summed E-state index contributed by atoms with van der Waals surface area (Å²) in [6, 6.07) is 15.2. The van der Waals surface area contributed by atoms with E-state index >= 15 is 0 Å². The summed E-state index contributed by atoms with van der Waals surface area (Å²) in [6.07, 6.45) is 0. The first-order chi connectivity index (χ1) is 13.1. The van der Waals surface area contributed by atoms with Crippen LogP contribution in [0.25, 0.3) is 11.0 Å². The Morgan fingerprint density at radius 2 is 1.96 bits per heavy atom. The zero-order chi connectivity index (χ0) is 18.8. The average Bonchev–Trinajstić information content (AvgIpc) is 3.32. The van der Waals surface area contributed by atoms with Gasteiger partial charge in [0, 0.05) is 18.5 Å². The number of urea groups is 1. The van der Waals surface area contributed by atoms with E-state index in [1.54, 1.807) is 4.90 Å². The molecule has 0 radical (unpaired) electrons. The molecule has 2 aromatic carbocycles. The van der Waals surface area contributed by atoms with Gasteiger partial charge in [-0.3, -0.25) is 0 Å². The standard InChI is InChI=1S/C21H22N2O4/c1-3-23(12-15-8-9-18-20(10-15)26-13-25-18)21(24)22-14(2)19-11-16-6-4-5-7-17(16)27-19/h4-11,14H,3,12-13H2,1-2H3,(H,22,24)/t14-/m0/s1. The second-order valence-corrected chi connectivity index (χ2v) is 6.56. The molecule has 0 saturated heterocycles. The summed E-state index contributed by atoms with van der Waals surface area (Å²) in [5.74, 6) is 2.20. The highest BCUT2D eigenvalue weighted by atomic mass is 16.7. The summed E-state index contributed by atoms with van der Waals surface area (Å²) in [4.78, 5) is 14.5. The maximum absolute atomic E-state index is 12.7. The summed E-state index contributed by atoms with van der Waals surface area (Å²) in [5.41, 5.74) is 1.81. The quantitative estimate of drug-likeness (QED) is 0.724. The van der Waals surface area contributed by atoms with Crippen LogP contribution in [0, 0.1) is 0 Å². The van der Waals surface area contributed by atoms with Crippen LogP contribution >= 0.6 is 0 Å². The maximum atomic E-state index is 12.7. The van der Waals surface area contributed by atoms with Gasteiger partial charge in [-0.15, -0.1) is 0 Å². The van der Waals surface area contributed by atoms with Crippen molar-refractivity contribution in [2.45, 2.75) is 26.4 Å². The first kappa shape index (κ1) is 17.3. The molecule has 0 unspecified atom stereocenters. The zero-order valence-electron chi connectivity index (χ0n) is 15.4. The Hall–Kier alpha value is -3.15. The molecule has 0 spiro atoms. The van der Waals surface area contributed by atoms with Crippen LogP contribution in [-0.2, 0) is 6.54 Å². The van der Waals surface area contributed by atoms with Gasteiger partial charge in [-0.05, 0) is 43.7 Å². The number of hydrogen-bond acceptors (Lipinski definition) is 4. The lowest BCUT2D eigenvalue weighted by molar-refractivity contribution is 0.173. The van der Waals surface area contributed by atoms with E-state index in [2.05, 4.69) is 5.32 Å². The highest BCUT2D eigenvalue weighted by Crippen LogP contribution is 2.32. The minimum Gasteiger partial charge on any atom is -0.459 e. The predicted molar refractivity (Wildman–Crippen MR) is 102 cm³/mol. The van der Waals surface area contributed by atoms with Crippen molar-refractivity contribution >= 4 is 17.0 Å². The third-order valence-corrected chi connectivity index (χ3v) is 4.69. The molecule has 0 fully saturated rings. The van der Waals surface area contributed by atoms with Crippen molar-refractivity contribution in [3.05, 3.63) is 59.9 Å². The molecule has 2 amide bonds. The van der Waals surface area contributed by atoms with Crippen LogP contribution in [-0.4, -0.2) is 24.3 Å². The van der Waals surface area contributed by atoms with Gasteiger partial charge in [0.25, 0.3) is 0 Å². The molecule has 6 nitrogen and oxygen atoms in total. The summed E-state index contributed by atoms with van der Waals surface area (Å²) in [5, 5.41) is 4.05. The van der Waals surface area contributed by atoms with Crippen LogP contribution in [0.2, 0.25) is 0 Å². The van der Waals surface area contributed by atoms with Crippen LogP contribution in [0.1, 0.15) is 31.2 Å². The lowest BCUT2D eigenvalue weighted by Crippen LogP contribution is -2.40. The number of carbonyl (C=O) groups is 1. The molecule has 1 aliphatic heterocycles. The second-order valence-electron chi connectivity index (χ2n) is 6.56. The van der Waals surface area contributed by atoms with Gasteiger partial charge < -0.3 is 24.1 Å². The van der Waals surface area contributed by atoms with Crippen LogP contribution in [0.15, 0.2) is 52.9 Å². The monoisotopic (exact) mass is 366 g/mol. The number of fused-ring (bicyclic) bond motifs is 2. The van der Waals surface area contributed by atoms with Crippen LogP contribution < -0.4 is 14.8 Å². The molecule has 140 valence electrons. The van der Waals surface area contributed by atoms with Gasteiger partial charge in [0.05, 0.1) is 6.04 Å². The van der Waals surface area contributed by atoms with E-state index < -0.39 is 0 Å². The van der Waals surface area contributed by atoms with E-state index in [1.165, 1.54) is 0 Å². The van der Waals surface area contributed by atoms with Gasteiger partial charge in [0.2, 0.25) is 6.79 Å². The molecule has 27 heavy (non-hydrogen) atoms. The van der Waals surface area contributed by atoms with Crippen molar-refractivity contribution in [3.63, 3.8) is 0 Å². The Kier molecular flexibility index (Phi) is 4.62. The highest BCUT2D eigenvalue weighted by Gasteiger charge is 2.20. The van der Waals surface area contributed by atoms with E-state index in [9.17, 15) is 4.79 Å². The third kappa shape index (κ3) is 3.56. The molecule has 0 bridgehead atoms. The van der Waals surface area contributed by atoms with Crippen LogP contribution in [0.4, 0.5) is 4.79 Å². The highest BCUT2D eigenvalue weighted by molar-refractivity contribution is 5.78. The number of nitrogens with zero attached hydrogens (tertiary/aromatic N) is 1. The lowest BCUT2D eigenvalue weighted by Gasteiger charge is -2.23. The molecular weight excluding hydrogens is 344 g/mol. The van der Waals surface area contributed by atoms with Crippen molar-refractivity contribution in [1.29, 1.82) is 0 Å².